The molecule has 0 radical (unpaired) electrons. The molecule has 30 heavy (non-hydrogen) atoms. The van der Waals surface area contributed by atoms with Crippen LogP contribution in [-0.2, 0) is 24.2 Å². The molecular weight excluding hydrogens is 379 g/mol. The highest BCUT2D eigenvalue weighted by molar-refractivity contribution is 5.20. The van der Waals surface area contributed by atoms with E-state index in [2.05, 4.69) is 15.5 Å². The largest absolute Gasteiger partial charge is 0.391 e. The summed E-state index contributed by atoms with van der Waals surface area (Å²) < 4.78 is 21.4. The van der Waals surface area contributed by atoms with Crippen molar-refractivity contribution in [1.29, 1.82) is 0 Å². The van der Waals surface area contributed by atoms with Crippen molar-refractivity contribution < 1.29 is 14.2 Å². The first-order valence-electron chi connectivity index (χ1n) is 10.5. The van der Waals surface area contributed by atoms with Gasteiger partial charge in [0.05, 0.1) is 12.6 Å². The lowest BCUT2D eigenvalue weighted by atomic mass is 10.1. The Morgan fingerprint density at radius 2 is 1.80 bits per heavy atom. The molecule has 0 fully saturated rings. The fraction of sp³-hybridized carbons (Fsp3) is 0.360. The van der Waals surface area contributed by atoms with E-state index in [4.69, 9.17) is 4.74 Å². The SMILES string of the molecule is COCCCN(Cc1cccn1Cc1ccccc1F)C[C@H](O)Cc1ccccc1. The summed E-state index contributed by atoms with van der Waals surface area (Å²) >= 11 is 0. The van der Waals surface area contributed by atoms with E-state index in [1.807, 2.05) is 54.7 Å². The maximum absolute atomic E-state index is 14.1. The zero-order valence-electron chi connectivity index (χ0n) is 17.6. The Morgan fingerprint density at radius 1 is 1.03 bits per heavy atom. The predicted molar refractivity (Wildman–Crippen MR) is 118 cm³/mol. The minimum atomic E-state index is -0.454. The molecule has 3 rings (SSSR count). The van der Waals surface area contributed by atoms with Crippen molar-refractivity contribution in [2.45, 2.75) is 32.0 Å². The van der Waals surface area contributed by atoms with E-state index in [1.165, 1.54) is 6.07 Å². The van der Waals surface area contributed by atoms with Gasteiger partial charge >= 0.3 is 0 Å². The minimum absolute atomic E-state index is 0.188. The van der Waals surface area contributed by atoms with E-state index >= 15 is 0 Å². The summed E-state index contributed by atoms with van der Waals surface area (Å²) in [6.45, 7) is 3.26. The van der Waals surface area contributed by atoms with Crippen molar-refractivity contribution in [1.82, 2.24) is 9.47 Å². The lowest BCUT2D eigenvalue weighted by Gasteiger charge is -2.26. The summed E-state index contributed by atoms with van der Waals surface area (Å²) in [5.74, 6) is -0.188. The molecule has 1 atom stereocenters. The summed E-state index contributed by atoms with van der Waals surface area (Å²) in [6, 6.07) is 21.0. The molecule has 5 heteroatoms. The van der Waals surface area contributed by atoms with Crippen molar-refractivity contribution in [3.05, 3.63) is 95.6 Å². The fourth-order valence-corrected chi connectivity index (χ4v) is 3.70. The number of aliphatic hydroxyl groups excluding tert-OH is 1. The molecule has 0 aliphatic carbocycles. The van der Waals surface area contributed by atoms with Crippen LogP contribution in [-0.4, -0.2) is 47.5 Å². The maximum atomic E-state index is 14.1. The van der Waals surface area contributed by atoms with Crippen molar-refractivity contribution in [3.8, 4) is 0 Å². The van der Waals surface area contributed by atoms with E-state index in [0.717, 1.165) is 24.2 Å². The van der Waals surface area contributed by atoms with Gasteiger partial charge in [-0.05, 0) is 36.6 Å². The van der Waals surface area contributed by atoms with Crippen LogP contribution in [0.15, 0.2) is 72.9 Å². The molecule has 0 aliphatic rings. The van der Waals surface area contributed by atoms with Gasteiger partial charge in [0, 0.05) is 50.8 Å². The fourth-order valence-electron chi connectivity index (χ4n) is 3.70. The van der Waals surface area contributed by atoms with Crippen LogP contribution in [0, 0.1) is 5.82 Å². The van der Waals surface area contributed by atoms with Crippen LogP contribution in [0.5, 0.6) is 0 Å². The average molecular weight is 411 g/mol. The van der Waals surface area contributed by atoms with Crippen molar-refractivity contribution in [2.24, 2.45) is 0 Å². The van der Waals surface area contributed by atoms with Gasteiger partial charge in [-0.2, -0.15) is 0 Å². The molecule has 0 spiro atoms. The minimum Gasteiger partial charge on any atom is -0.391 e. The molecule has 4 nitrogen and oxygen atoms in total. The Hall–Kier alpha value is -2.47. The normalized spacial score (nSPS) is 12.4. The maximum Gasteiger partial charge on any atom is 0.128 e. The van der Waals surface area contributed by atoms with Crippen LogP contribution < -0.4 is 0 Å². The smallest absolute Gasteiger partial charge is 0.128 e. The van der Waals surface area contributed by atoms with Crippen molar-refractivity contribution >= 4 is 0 Å². The standard InChI is InChI=1S/C25H31FN2O2/c1-30-16-8-14-27(20-24(29)17-21-9-3-2-4-10-21)19-23-12-7-15-28(23)18-22-11-5-6-13-25(22)26/h2-7,9-13,15,24,29H,8,14,16-20H2,1H3/t24-/m1/s1. The number of benzene rings is 2. The quantitative estimate of drug-likeness (QED) is 0.457. The molecule has 1 heterocycles. The third kappa shape index (κ3) is 6.80. The van der Waals surface area contributed by atoms with E-state index in [0.29, 0.717) is 38.2 Å². The second-order valence-electron chi connectivity index (χ2n) is 7.64. The number of ether oxygens (including phenoxy) is 1. The van der Waals surface area contributed by atoms with Crippen molar-refractivity contribution in [3.63, 3.8) is 0 Å². The van der Waals surface area contributed by atoms with Crippen LogP contribution in [0.25, 0.3) is 0 Å². The van der Waals surface area contributed by atoms with E-state index in [-0.39, 0.29) is 5.82 Å². The first-order chi connectivity index (χ1) is 14.7. The van der Waals surface area contributed by atoms with E-state index in [9.17, 15) is 9.50 Å². The molecule has 1 N–H and O–H groups in total. The predicted octanol–water partition coefficient (Wildman–Crippen LogP) is 4.12. The van der Waals surface area contributed by atoms with Gasteiger partial charge < -0.3 is 14.4 Å². The van der Waals surface area contributed by atoms with Gasteiger partial charge in [-0.25, -0.2) is 4.39 Å². The molecule has 160 valence electrons. The first kappa shape index (κ1) is 22.2. The van der Waals surface area contributed by atoms with E-state index < -0.39 is 6.10 Å². The Bertz CT molecular complexity index is 882. The molecule has 0 amide bonds. The van der Waals surface area contributed by atoms with Gasteiger partial charge in [-0.3, -0.25) is 4.90 Å². The molecule has 0 saturated heterocycles. The van der Waals surface area contributed by atoms with Crippen LogP contribution in [0.4, 0.5) is 4.39 Å². The Labute approximate surface area is 178 Å². The van der Waals surface area contributed by atoms with Crippen molar-refractivity contribution in [2.75, 3.05) is 26.8 Å². The number of halogens is 1. The second kappa shape index (κ2) is 11.6. The number of methoxy groups -OCH3 is 1. The van der Waals surface area contributed by atoms with Gasteiger partial charge in [0.25, 0.3) is 0 Å². The Balaban J connectivity index is 1.66. The van der Waals surface area contributed by atoms with Crippen LogP contribution >= 0.6 is 0 Å². The number of aromatic nitrogens is 1. The Morgan fingerprint density at radius 3 is 2.57 bits per heavy atom. The monoisotopic (exact) mass is 410 g/mol. The number of nitrogens with zero attached hydrogens (tertiary/aromatic N) is 2. The molecule has 0 aliphatic heterocycles. The first-order valence-corrected chi connectivity index (χ1v) is 10.5. The Kier molecular flexibility index (Phi) is 8.63. The van der Waals surface area contributed by atoms with Crippen LogP contribution in [0.3, 0.4) is 0 Å². The molecule has 0 unspecified atom stereocenters. The van der Waals surface area contributed by atoms with Gasteiger partial charge in [-0.1, -0.05) is 48.5 Å². The summed E-state index contributed by atoms with van der Waals surface area (Å²) in [5, 5.41) is 10.7. The third-order valence-electron chi connectivity index (χ3n) is 5.21. The molecular formula is C25H31FN2O2. The highest BCUT2D eigenvalue weighted by Gasteiger charge is 2.15. The lowest BCUT2D eigenvalue weighted by Crippen LogP contribution is -2.35. The second-order valence-corrected chi connectivity index (χ2v) is 7.64. The van der Waals surface area contributed by atoms with Gasteiger partial charge in [0.15, 0.2) is 0 Å². The van der Waals surface area contributed by atoms with Gasteiger partial charge in [0.2, 0.25) is 0 Å². The van der Waals surface area contributed by atoms with E-state index in [1.54, 1.807) is 13.2 Å². The number of rotatable bonds is 12. The molecule has 3 aromatic rings. The molecule has 0 bridgehead atoms. The average Bonchev–Trinajstić information content (AvgIpc) is 3.17. The molecule has 2 aromatic carbocycles. The topological polar surface area (TPSA) is 37.6 Å². The summed E-state index contributed by atoms with van der Waals surface area (Å²) in [5.41, 5.74) is 2.90. The van der Waals surface area contributed by atoms with Crippen LogP contribution in [0.1, 0.15) is 23.2 Å². The van der Waals surface area contributed by atoms with Gasteiger partial charge in [0.1, 0.15) is 5.82 Å². The number of aliphatic hydroxyl groups is 1. The lowest BCUT2D eigenvalue weighted by molar-refractivity contribution is 0.0981. The third-order valence-corrected chi connectivity index (χ3v) is 5.21. The summed E-state index contributed by atoms with van der Waals surface area (Å²) in [6.07, 6.45) is 3.04. The molecule has 1 aromatic heterocycles. The summed E-state index contributed by atoms with van der Waals surface area (Å²) in [4.78, 5) is 2.25. The highest BCUT2D eigenvalue weighted by atomic mass is 19.1. The highest BCUT2D eigenvalue weighted by Crippen LogP contribution is 2.14. The number of hydrogen-bond acceptors (Lipinski definition) is 3. The number of hydrogen-bond donors (Lipinski definition) is 1. The van der Waals surface area contributed by atoms with Crippen LogP contribution in [0.2, 0.25) is 0 Å². The zero-order valence-corrected chi connectivity index (χ0v) is 17.6. The molecule has 0 saturated carbocycles. The van der Waals surface area contributed by atoms with Gasteiger partial charge in [-0.15, -0.1) is 0 Å². The summed E-state index contributed by atoms with van der Waals surface area (Å²) in [7, 11) is 1.70. The zero-order chi connectivity index (χ0) is 21.2.